The first-order chi connectivity index (χ1) is 5.54. The van der Waals surface area contributed by atoms with Crippen LogP contribution in [0.15, 0.2) is 0 Å². The van der Waals surface area contributed by atoms with Gasteiger partial charge in [0, 0.05) is 7.05 Å². The molecule has 72 valence electrons. The monoisotopic (exact) mass is 174 g/mol. The Kier molecular flexibility index (Phi) is 4.85. The SMILES string of the molecule is CCC(C(=O)N(C)OC)N(C)C. The average molecular weight is 174 g/mol. The lowest BCUT2D eigenvalue weighted by molar-refractivity contribution is -0.173. The number of carbonyl (C=O) groups is 1. The van der Waals surface area contributed by atoms with Gasteiger partial charge in [0.05, 0.1) is 13.2 Å². The highest BCUT2D eigenvalue weighted by Crippen LogP contribution is 2.02. The molecule has 12 heavy (non-hydrogen) atoms. The summed E-state index contributed by atoms with van der Waals surface area (Å²) in [4.78, 5) is 18.2. The van der Waals surface area contributed by atoms with Gasteiger partial charge in [-0.3, -0.25) is 14.5 Å². The van der Waals surface area contributed by atoms with Gasteiger partial charge in [-0.05, 0) is 20.5 Å². The Morgan fingerprint density at radius 2 is 1.92 bits per heavy atom. The highest BCUT2D eigenvalue weighted by molar-refractivity contribution is 5.80. The number of hydrogen-bond donors (Lipinski definition) is 0. The van der Waals surface area contributed by atoms with E-state index < -0.39 is 0 Å². The standard InChI is InChI=1S/C8H18N2O2/c1-6-7(9(2)3)8(11)10(4)12-5/h7H,6H2,1-5H3. The molecule has 0 aromatic heterocycles. The zero-order valence-electron chi connectivity index (χ0n) is 8.50. The molecule has 0 saturated carbocycles. The molecule has 1 atom stereocenters. The van der Waals surface area contributed by atoms with Gasteiger partial charge in [0.2, 0.25) is 0 Å². The van der Waals surface area contributed by atoms with E-state index in [0.29, 0.717) is 0 Å². The van der Waals surface area contributed by atoms with Crippen molar-refractivity contribution in [2.45, 2.75) is 19.4 Å². The van der Waals surface area contributed by atoms with Gasteiger partial charge in [-0.1, -0.05) is 6.92 Å². The lowest BCUT2D eigenvalue weighted by atomic mass is 10.2. The molecule has 0 aliphatic carbocycles. The van der Waals surface area contributed by atoms with Crippen molar-refractivity contribution in [3.8, 4) is 0 Å². The second-order valence-electron chi connectivity index (χ2n) is 2.91. The Bertz CT molecular complexity index is 148. The molecule has 0 saturated heterocycles. The topological polar surface area (TPSA) is 32.8 Å². The quantitative estimate of drug-likeness (QED) is 0.576. The molecule has 0 heterocycles. The number of amides is 1. The fourth-order valence-corrected chi connectivity index (χ4v) is 1.06. The second kappa shape index (κ2) is 5.11. The number of likely N-dealkylation sites (N-methyl/N-ethyl adjacent to an activating group) is 2. The highest BCUT2D eigenvalue weighted by atomic mass is 16.7. The molecular weight excluding hydrogens is 156 g/mol. The van der Waals surface area contributed by atoms with Crippen molar-refractivity contribution in [3.05, 3.63) is 0 Å². The molecule has 0 aromatic rings. The Morgan fingerprint density at radius 3 is 2.17 bits per heavy atom. The van der Waals surface area contributed by atoms with Crippen molar-refractivity contribution in [2.24, 2.45) is 0 Å². The summed E-state index contributed by atoms with van der Waals surface area (Å²) in [5.41, 5.74) is 0. The first-order valence-corrected chi connectivity index (χ1v) is 4.02. The molecule has 0 aliphatic heterocycles. The van der Waals surface area contributed by atoms with E-state index in [1.165, 1.54) is 12.2 Å². The molecule has 0 fully saturated rings. The van der Waals surface area contributed by atoms with Crippen LogP contribution in [0.4, 0.5) is 0 Å². The summed E-state index contributed by atoms with van der Waals surface area (Å²) in [5.74, 6) is -0.00926. The van der Waals surface area contributed by atoms with Crippen LogP contribution in [0, 0.1) is 0 Å². The molecule has 4 heteroatoms. The smallest absolute Gasteiger partial charge is 0.263 e. The van der Waals surface area contributed by atoms with Gasteiger partial charge in [-0.25, -0.2) is 5.06 Å². The van der Waals surface area contributed by atoms with Gasteiger partial charge in [0.1, 0.15) is 0 Å². The molecule has 0 rings (SSSR count). The van der Waals surface area contributed by atoms with Crippen LogP contribution in [0.3, 0.4) is 0 Å². The van der Waals surface area contributed by atoms with Crippen molar-refractivity contribution < 1.29 is 9.63 Å². The van der Waals surface area contributed by atoms with Crippen molar-refractivity contribution in [1.29, 1.82) is 0 Å². The second-order valence-corrected chi connectivity index (χ2v) is 2.91. The molecule has 4 nitrogen and oxygen atoms in total. The van der Waals surface area contributed by atoms with Crippen LogP contribution in [0.5, 0.6) is 0 Å². The number of hydroxylamine groups is 2. The molecule has 0 aliphatic rings. The highest BCUT2D eigenvalue weighted by Gasteiger charge is 2.21. The van der Waals surface area contributed by atoms with Crippen LogP contribution < -0.4 is 0 Å². The fraction of sp³-hybridized carbons (Fsp3) is 0.875. The van der Waals surface area contributed by atoms with Crippen LogP contribution in [-0.2, 0) is 9.63 Å². The van der Waals surface area contributed by atoms with Crippen LogP contribution in [0.2, 0.25) is 0 Å². The third-order valence-electron chi connectivity index (χ3n) is 1.88. The first-order valence-electron chi connectivity index (χ1n) is 4.02. The van der Waals surface area contributed by atoms with E-state index in [4.69, 9.17) is 4.84 Å². The van der Waals surface area contributed by atoms with Gasteiger partial charge in [0.15, 0.2) is 0 Å². The van der Waals surface area contributed by atoms with Crippen molar-refractivity contribution in [2.75, 3.05) is 28.3 Å². The summed E-state index contributed by atoms with van der Waals surface area (Å²) in [5, 5.41) is 1.26. The maximum absolute atomic E-state index is 11.5. The van der Waals surface area contributed by atoms with E-state index in [2.05, 4.69) is 0 Å². The largest absolute Gasteiger partial charge is 0.298 e. The Morgan fingerprint density at radius 1 is 1.42 bits per heavy atom. The van der Waals surface area contributed by atoms with E-state index in [9.17, 15) is 4.79 Å². The molecule has 0 bridgehead atoms. The summed E-state index contributed by atoms with van der Waals surface area (Å²) < 4.78 is 0. The number of rotatable bonds is 4. The molecule has 0 aromatic carbocycles. The first kappa shape index (κ1) is 11.4. The average Bonchev–Trinajstić information content (AvgIpc) is 2.03. The minimum absolute atomic E-state index is 0.00926. The summed E-state index contributed by atoms with van der Waals surface area (Å²) in [6, 6.07) is -0.0880. The van der Waals surface area contributed by atoms with E-state index in [1.807, 2.05) is 25.9 Å². The van der Waals surface area contributed by atoms with Crippen LogP contribution in [-0.4, -0.2) is 50.2 Å². The third kappa shape index (κ3) is 2.79. The lowest BCUT2D eigenvalue weighted by Crippen LogP contribution is -2.43. The van der Waals surface area contributed by atoms with Gasteiger partial charge >= 0.3 is 0 Å². The zero-order chi connectivity index (χ0) is 9.72. The van der Waals surface area contributed by atoms with Gasteiger partial charge in [-0.2, -0.15) is 0 Å². The van der Waals surface area contributed by atoms with Crippen LogP contribution in [0.25, 0.3) is 0 Å². The van der Waals surface area contributed by atoms with Crippen molar-refractivity contribution in [1.82, 2.24) is 9.96 Å². The summed E-state index contributed by atoms with van der Waals surface area (Å²) in [6.45, 7) is 1.98. The van der Waals surface area contributed by atoms with Gasteiger partial charge in [-0.15, -0.1) is 0 Å². The van der Waals surface area contributed by atoms with Crippen LogP contribution in [0.1, 0.15) is 13.3 Å². The number of hydrogen-bond acceptors (Lipinski definition) is 3. The Balaban J connectivity index is 4.21. The Labute approximate surface area is 74.0 Å². The van der Waals surface area contributed by atoms with Crippen LogP contribution >= 0.6 is 0 Å². The molecule has 1 unspecified atom stereocenters. The van der Waals surface area contributed by atoms with Gasteiger partial charge < -0.3 is 0 Å². The summed E-state index contributed by atoms with van der Waals surface area (Å²) in [7, 11) is 6.87. The third-order valence-corrected chi connectivity index (χ3v) is 1.88. The summed E-state index contributed by atoms with van der Waals surface area (Å²) in [6.07, 6.45) is 0.791. The fourth-order valence-electron chi connectivity index (χ4n) is 1.06. The maximum atomic E-state index is 11.5. The number of nitrogens with zero attached hydrogens (tertiary/aromatic N) is 2. The van der Waals surface area contributed by atoms with E-state index in [-0.39, 0.29) is 11.9 Å². The lowest BCUT2D eigenvalue weighted by Gasteiger charge is -2.25. The number of carbonyl (C=O) groups excluding carboxylic acids is 1. The van der Waals surface area contributed by atoms with E-state index in [0.717, 1.165) is 6.42 Å². The Hall–Kier alpha value is -0.610. The normalized spacial score (nSPS) is 13.2. The summed E-state index contributed by atoms with van der Waals surface area (Å²) >= 11 is 0. The molecule has 1 amide bonds. The van der Waals surface area contributed by atoms with Gasteiger partial charge in [0.25, 0.3) is 5.91 Å². The predicted octanol–water partition coefficient (Wildman–Crippen LogP) is 0.346. The predicted molar refractivity (Wildman–Crippen MR) is 47.5 cm³/mol. The maximum Gasteiger partial charge on any atom is 0.263 e. The minimum atomic E-state index is -0.0880. The zero-order valence-corrected chi connectivity index (χ0v) is 8.50. The molecular formula is C8H18N2O2. The molecule has 0 N–H and O–H groups in total. The van der Waals surface area contributed by atoms with Crippen molar-refractivity contribution in [3.63, 3.8) is 0 Å². The van der Waals surface area contributed by atoms with E-state index in [1.54, 1.807) is 7.05 Å². The molecule has 0 radical (unpaired) electrons. The van der Waals surface area contributed by atoms with Crippen molar-refractivity contribution >= 4 is 5.91 Å². The minimum Gasteiger partial charge on any atom is -0.298 e. The van der Waals surface area contributed by atoms with E-state index >= 15 is 0 Å². The molecule has 0 spiro atoms.